The summed E-state index contributed by atoms with van der Waals surface area (Å²) in [6.07, 6.45) is 0. The number of thiazole rings is 1. The maximum Gasteiger partial charge on any atom is 0.259 e. The van der Waals surface area contributed by atoms with Gasteiger partial charge < -0.3 is 10.5 Å². The number of nitrogens with zero attached hydrogens (tertiary/aromatic N) is 1. The van der Waals surface area contributed by atoms with Crippen LogP contribution in [0.2, 0.25) is 0 Å². The standard InChI is InChI=1S/C17H14FN3O2S/c1-23-15-5-3-2-4-11(15)14-9-24-17(20-14)21-16(22)12-8-10(18)6-7-13(12)19/h2-9H,19H2,1H3,(H,20,21,22). The van der Waals surface area contributed by atoms with E-state index in [1.54, 1.807) is 7.11 Å². The Balaban J connectivity index is 1.84. The molecule has 0 aliphatic rings. The van der Waals surface area contributed by atoms with E-state index in [0.717, 1.165) is 11.6 Å². The van der Waals surface area contributed by atoms with Crippen LogP contribution >= 0.6 is 11.3 Å². The molecule has 2 aromatic carbocycles. The fourth-order valence-electron chi connectivity index (χ4n) is 2.20. The third kappa shape index (κ3) is 3.21. The number of ether oxygens (including phenoxy) is 1. The summed E-state index contributed by atoms with van der Waals surface area (Å²) in [5, 5.41) is 4.84. The lowest BCUT2D eigenvalue weighted by Crippen LogP contribution is -2.14. The van der Waals surface area contributed by atoms with Crippen molar-refractivity contribution in [1.29, 1.82) is 0 Å². The smallest absolute Gasteiger partial charge is 0.259 e. The first kappa shape index (κ1) is 15.9. The molecule has 0 saturated carbocycles. The fraction of sp³-hybridized carbons (Fsp3) is 0.0588. The van der Waals surface area contributed by atoms with Crippen molar-refractivity contribution in [2.45, 2.75) is 0 Å². The number of amides is 1. The van der Waals surface area contributed by atoms with Gasteiger partial charge in [0.05, 0.1) is 18.4 Å². The Hall–Kier alpha value is -2.93. The summed E-state index contributed by atoms with van der Waals surface area (Å²) in [5.41, 5.74) is 7.50. The quantitative estimate of drug-likeness (QED) is 0.707. The topological polar surface area (TPSA) is 77.2 Å². The number of anilines is 2. The van der Waals surface area contributed by atoms with Crippen LogP contribution in [0.25, 0.3) is 11.3 Å². The number of nitrogens with two attached hydrogens (primary N) is 1. The number of benzene rings is 2. The van der Waals surface area contributed by atoms with Gasteiger partial charge in [-0.25, -0.2) is 9.37 Å². The van der Waals surface area contributed by atoms with Crippen LogP contribution in [0, 0.1) is 5.82 Å². The van der Waals surface area contributed by atoms with Crippen molar-refractivity contribution < 1.29 is 13.9 Å². The predicted molar refractivity (Wildman–Crippen MR) is 92.9 cm³/mol. The second-order valence-corrected chi connectivity index (χ2v) is 5.78. The molecule has 0 atom stereocenters. The van der Waals surface area contributed by atoms with E-state index in [1.807, 2.05) is 29.6 Å². The Morgan fingerprint density at radius 1 is 1.29 bits per heavy atom. The summed E-state index contributed by atoms with van der Waals surface area (Å²) in [5.74, 6) is -0.342. The van der Waals surface area contributed by atoms with Gasteiger partial charge in [-0.2, -0.15) is 0 Å². The van der Waals surface area contributed by atoms with Gasteiger partial charge in [0.25, 0.3) is 5.91 Å². The summed E-state index contributed by atoms with van der Waals surface area (Å²) in [7, 11) is 1.58. The van der Waals surface area contributed by atoms with Crippen LogP contribution in [0.3, 0.4) is 0 Å². The van der Waals surface area contributed by atoms with Crippen molar-refractivity contribution in [3.05, 3.63) is 59.2 Å². The number of para-hydroxylation sites is 1. The first-order chi connectivity index (χ1) is 11.6. The van der Waals surface area contributed by atoms with E-state index in [4.69, 9.17) is 10.5 Å². The molecule has 0 fully saturated rings. The third-order valence-corrected chi connectivity index (χ3v) is 4.13. The first-order valence-electron chi connectivity index (χ1n) is 7.04. The van der Waals surface area contributed by atoms with Gasteiger partial charge in [0.15, 0.2) is 5.13 Å². The average molecular weight is 343 g/mol. The van der Waals surface area contributed by atoms with Crippen LogP contribution < -0.4 is 15.8 Å². The van der Waals surface area contributed by atoms with E-state index in [-0.39, 0.29) is 11.3 Å². The minimum absolute atomic E-state index is 0.0732. The molecule has 5 nitrogen and oxygen atoms in total. The van der Waals surface area contributed by atoms with Gasteiger partial charge >= 0.3 is 0 Å². The Morgan fingerprint density at radius 2 is 2.08 bits per heavy atom. The molecule has 24 heavy (non-hydrogen) atoms. The molecule has 0 bridgehead atoms. The lowest BCUT2D eigenvalue weighted by atomic mass is 10.1. The second kappa shape index (κ2) is 6.67. The molecule has 0 unspecified atom stereocenters. The first-order valence-corrected chi connectivity index (χ1v) is 7.91. The van der Waals surface area contributed by atoms with Crippen LogP contribution in [0.15, 0.2) is 47.8 Å². The lowest BCUT2D eigenvalue weighted by molar-refractivity contribution is 0.102. The molecule has 1 heterocycles. The molecule has 7 heteroatoms. The highest BCUT2D eigenvalue weighted by atomic mass is 32.1. The van der Waals surface area contributed by atoms with Crippen molar-refractivity contribution in [2.75, 3.05) is 18.2 Å². The number of carbonyl (C=O) groups is 1. The minimum atomic E-state index is -0.525. The van der Waals surface area contributed by atoms with E-state index in [2.05, 4.69) is 10.3 Å². The van der Waals surface area contributed by atoms with E-state index in [9.17, 15) is 9.18 Å². The number of nitrogens with one attached hydrogen (secondary N) is 1. The van der Waals surface area contributed by atoms with Crippen LogP contribution in [0.1, 0.15) is 10.4 Å². The average Bonchev–Trinajstić information content (AvgIpc) is 3.05. The Morgan fingerprint density at radius 3 is 2.88 bits per heavy atom. The maximum atomic E-state index is 13.3. The number of rotatable bonds is 4. The van der Waals surface area contributed by atoms with E-state index in [1.165, 1.54) is 23.5 Å². The fourth-order valence-corrected chi connectivity index (χ4v) is 2.91. The number of nitrogen functional groups attached to an aromatic ring is 1. The van der Waals surface area contributed by atoms with Gasteiger partial charge in [0.2, 0.25) is 0 Å². The zero-order valence-electron chi connectivity index (χ0n) is 12.7. The maximum absolute atomic E-state index is 13.3. The minimum Gasteiger partial charge on any atom is -0.496 e. The van der Waals surface area contributed by atoms with Gasteiger partial charge in [0.1, 0.15) is 11.6 Å². The summed E-state index contributed by atoms with van der Waals surface area (Å²) in [6.45, 7) is 0. The van der Waals surface area contributed by atoms with Crippen molar-refractivity contribution in [3.63, 3.8) is 0 Å². The largest absolute Gasteiger partial charge is 0.496 e. The summed E-state index contributed by atoms with van der Waals surface area (Å²) in [6, 6.07) is 11.1. The molecule has 0 spiro atoms. The van der Waals surface area contributed by atoms with E-state index in [0.29, 0.717) is 16.6 Å². The number of hydrogen-bond donors (Lipinski definition) is 2. The Kier molecular flexibility index (Phi) is 4.43. The monoisotopic (exact) mass is 343 g/mol. The van der Waals surface area contributed by atoms with Gasteiger partial charge in [-0.05, 0) is 30.3 Å². The summed E-state index contributed by atoms with van der Waals surface area (Å²) in [4.78, 5) is 16.6. The highest BCUT2D eigenvalue weighted by Gasteiger charge is 2.14. The Labute approximate surface area is 141 Å². The van der Waals surface area contributed by atoms with Gasteiger partial charge in [-0.1, -0.05) is 12.1 Å². The van der Waals surface area contributed by atoms with Crippen molar-refractivity contribution in [2.24, 2.45) is 0 Å². The van der Waals surface area contributed by atoms with Crippen molar-refractivity contribution in [3.8, 4) is 17.0 Å². The SMILES string of the molecule is COc1ccccc1-c1csc(NC(=O)c2cc(F)ccc2N)n1. The zero-order chi connectivity index (χ0) is 17.1. The zero-order valence-corrected chi connectivity index (χ0v) is 13.6. The van der Waals surface area contributed by atoms with E-state index < -0.39 is 11.7 Å². The van der Waals surface area contributed by atoms with Gasteiger partial charge in [0, 0.05) is 16.6 Å². The highest BCUT2D eigenvalue weighted by molar-refractivity contribution is 7.14. The molecule has 122 valence electrons. The van der Waals surface area contributed by atoms with Crippen molar-refractivity contribution >= 4 is 28.1 Å². The molecule has 0 aliphatic carbocycles. The molecule has 3 N–H and O–H groups in total. The third-order valence-electron chi connectivity index (χ3n) is 3.37. The van der Waals surface area contributed by atoms with Crippen LogP contribution in [0.4, 0.5) is 15.2 Å². The molecule has 0 radical (unpaired) electrons. The molecular formula is C17H14FN3O2S. The molecule has 1 amide bonds. The Bertz CT molecular complexity index is 895. The molecule has 0 aliphatic heterocycles. The number of methoxy groups -OCH3 is 1. The number of aromatic nitrogens is 1. The lowest BCUT2D eigenvalue weighted by Gasteiger charge is -2.06. The molecule has 3 aromatic rings. The predicted octanol–water partition coefficient (Wildman–Crippen LogP) is 3.79. The highest BCUT2D eigenvalue weighted by Crippen LogP contribution is 2.32. The second-order valence-electron chi connectivity index (χ2n) is 4.92. The normalized spacial score (nSPS) is 10.4. The van der Waals surface area contributed by atoms with E-state index >= 15 is 0 Å². The van der Waals surface area contributed by atoms with Crippen LogP contribution in [-0.2, 0) is 0 Å². The van der Waals surface area contributed by atoms with Crippen LogP contribution in [-0.4, -0.2) is 18.0 Å². The molecule has 1 aromatic heterocycles. The molecular weight excluding hydrogens is 329 g/mol. The summed E-state index contributed by atoms with van der Waals surface area (Å²) >= 11 is 1.26. The summed E-state index contributed by atoms with van der Waals surface area (Å²) < 4.78 is 18.6. The number of hydrogen-bond acceptors (Lipinski definition) is 5. The number of halogens is 1. The van der Waals surface area contributed by atoms with Crippen molar-refractivity contribution in [1.82, 2.24) is 4.98 Å². The molecule has 3 rings (SSSR count). The van der Waals surface area contributed by atoms with Gasteiger partial charge in [-0.15, -0.1) is 11.3 Å². The van der Waals surface area contributed by atoms with Crippen LogP contribution in [0.5, 0.6) is 5.75 Å². The van der Waals surface area contributed by atoms with Gasteiger partial charge in [-0.3, -0.25) is 10.1 Å². The molecule has 0 saturated heterocycles. The number of carbonyl (C=O) groups excluding carboxylic acids is 1.